The summed E-state index contributed by atoms with van der Waals surface area (Å²) < 4.78 is 28.9. The van der Waals surface area contributed by atoms with Gasteiger partial charge in [0.25, 0.3) is 0 Å². The fraction of sp³-hybridized carbons (Fsp3) is 0.459. The Balaban J connectivity index is 0.000000336. The number of likely N-dealkylation sites (N-methyl/N-ethyl adjacent to an activating group) is 1. The number of ether oxygens (including phenoxy) is 5. The number of fused-ring (bicyclic) bond motifs is 2. The van der Waals surface area contributed by atoms with E-state index in [9.17, 15) is 28.8 Å². The van der Waals surface area contributed by atoms with Gasteiger partial charge in [-0.3, -0.25) is 38.8 Å². The van der Waals surface area contributed by atoms with Crippen molar-refractivity contribution in [2.24, 2.45) is 20.0 Å². The molecule has 2 heterocycles. The van der Waals surface area contributed by atoms with Crippen LogP contribution in [0, 0.1) is 0 Å². The number of nitrogens with one attached hydrogen (secondary N) is 1. The molecule has 424 valence electrons. The molecule has 0 bridgehead atoms. The number of nitrogens with zero attached hydrogens (tertiary/aromatic N) is 5. The number of hydrogen-bond acceptors (Lipinski definition) is 15. The lowest BCUT2D eigenvalue weighted by molar-refractivity contribution is -0.890. The molecule has 0 atom stereocenters. The van der Waals surface area contributed by atoms with Gasteiger partial charge in [0.05, 0.1) is 69.2 Å². The average molecular weight is 1200 g/mol. The van der Waals surface area contributed by atoms with Gasteiger partial charge < -0.3 is 57.5 Å². The summed E-state index contributed by atoms with van der Waals surface area (Å²) in [6.45, 7) is 12.0. The average Bonchev–Trinajstić information content (AvgIpc) is 3.81. The van der Waals surface area contributed by atoms with Gasteiger partial charge in [0.2, 0.25) is 5.91 Å². The second-order valence-corrected chi connectivity index (χ2v) is 20.5. The molecule has 18 heteroatoms. The number of amides is 1. The van der Waals surface area contributed by atoms with E-state index >= 15 is 0 Å². The largest absolute Gasteiger partial charge is 1.00 e. The predicted molar refractivity (Wildman–Crippen MR) is 301 cm³/mol. The molecule has 4 aromatic rings. The Bertz CT molecular complexity index is 2800. The summed E-state index contributed by atoms with van der Waals surface area (Å²) in [6.07, 6.45) is 4.02. The molecule has 0 saturated heterocycles. The first kappa shape index (κ1) is 65.0. The van der Waals surface area contributed by atoms with Crippen molar-refractivity contribution < 1.29 is 80.9 Å². The molecule has 0 fully saturated rings. The monoisotopic (exact) mass is 1200 g/mol. The van der Waals surface area contributed by atoms with E-state index in [0.717, 1.165) is 58.6 Å². The molecule has 17 nitrogen and oxygen atoms in total. The Labute approximate surface area is 482 Å². The summed E-state index contributed by atoms with van der Waals surface area (Å²) in [4.78, 5) is 91.0. The van der Waals surface area contributed by atoms with Crippen LogP contribution in [0.1, 0.15) is 101 Å². The molecule has 0 saturated carbocycles. The van der Waals surface area contributed by atoms with Gasteiger partial charge in [0.15, 0.2) is 11.6 Å². The quantitative estimate of drug-likeness (QED) is 0.0231. The Morgan fingerprint density at radius 3 is 1.63 bits per heavy atom. The third-order valence-corrected chi connectivity index (χ3v) is 12.2. The lowest BCUT2D eigenvalue weighted by atomic mass is 10.0. The van der Waals surface area contributed by atoms with E-state index < -0.39 is 11.6 Å². The van der Waals surface area contributed by atoms with Crippen LogP contribution in [0.3, 0.4) is 0 Å². The molecule has 0 unspecified atom stereocenters. The minimum atomic E-state index is -0.603. The number of carbonyl (C=O) groups is 6. The fourth-order valence-electron chi connectivity index (χ4n) is 8.19. The molecular formula is C61H77IN6O11. The maximum atomic E-state index is 12.5. The standard InChI is InChI=1S/C31H41N4O4.C30H36N2O7.HI/c1-4-32-24-33-16-10-17-35(2,3)18-20-38-19-9-12-26(36)23-39-31-15-8-6-13-28(31)30-22-27(37)21-25-11-5-7-14-29(25)34-30;1-30(2,3)39-29(36)19-31-28(35)14-16-37-15-8-10-22(33)20-38-27-13-7-5-11-24(27)26-18-23(34)17-21-9-4-6-12-25(21)32-26;/h5-8,11,13-15H,4,9-10,12,16-23H2,1-3H3;4-7,9,11-13H,8,10,14-20H2,1-3H3,(H,31,35);1H/q+1;;/p-1. The van der Waals surface area contributed by atoms with Crippen LogP contribution in [-0.4, -0.2) is 149 Å². The first-order valence-electron chi connectivity index (χ1n) is 26.8. The molecular weight excluding hydrogens is 1120 g/mol. The zero-order valence-electron chi connectivity index (χ0n) is 46.7. The van der Waals surface area contributed by atoms with E-state index in [1.165, 1.54) is 0 Å². The summed E-state index contributed by atoms with van der Waals surface area (Å²) >= 11 is 0. The van der Waals surface area contributed by atoms with Crippen LogP contribution in [0.2, 0.25) is 0 Å². The van der Waals surface area contributed by atoms with E-state index in [1.54, 1.807) is 26.8 Å². The van der Waals surface area contributed by atoms with Crippen LogP contribution >= 0.6 is 0 Å². The number of Topliss-reactive ketones (excluding diaryl/α,β-unsaturated/α-hetero) is 4. The van der Waals surface area contributed by atoms with Crippen molar-refractivity contribution in [2.45, 2.75) is 97.5 Å². The summed E-state index contributed by atoms with van der Waals surface area (Å²) in [6, 6.07) is 32.7. The number of halogens is 1. The van der Waals surface area contributed by atoms with Crippen molar-refractivity contribution in [1.29, 1.82) is 0 Å². The highest BCUT2D eigenvalue weighted by molar-refractivity contribution is 6.15. The summed E-state index contributed by atoms with van der Waals surface area (Å²) in [7, 11) is 4.36. The van der Waals surface area contributed by atoms with Crippen LogP contribution in [0.25, 0.3) is 0 Å². The lowest BCUT2D eigenvalue weighted by Crippen LogP contribution is -3.00. The van der Waals surface area contributed by atoms with E-state index in [0.29, 0.717) is 87.0 Å². The van der Waals surface area contributed by atoms with Crippen molar-refractivity contribution in [3.63, 3.8) is 0 Å². The van der Waals surface area contributed by atoms with Gasteiger partial charge in [-0.15, -0.1) is 0 Å². The molecule has 2 aliphatic rings. The second kappa shape index (κ2) is 34.4. The summed E-state index contributed by atoms with van der Waals surface area (Å²) in [5.41, 5.74) is 5.53. The molecule has 1 amide bonds. The molecule has 0 spiro atoms. The Kier molecular flexibility index (Phi) is 28.3. The summed E-state index contributed by atoms with van der Waals surface area (Å²) in [5.74, 6) is 0.368. The molecule has 79 heavy (non-hydrogen) atoms. The van der Waals surface area contributed by atoms with Gasteiger partial charge in [0.1, 0.15) is 55.0 Å². The predicted octanol–water partition coefficient (Wildman–Crippen LogP) is 5.65. The zero-order valence-corrected chi connectivity index (χ0v) is 48.8. The number of benzene rings is 4. The van der Waals surface area contributed by atoms with Crippen molar-refractivity contribution in [1.82, 2.24) is 5.32 Å². The number of esters is 1. The van der Waals surface area contributed by atoms with Gasteiger partial charge in [0, 0.05) is 82.3 Å². The number of quaternary nitrogens is 1. The minimum absolute atomic E-state index is 0. The van der Waals surface area contributed by atoms with E-state index in [1.807, 2.05) is 97.9 Å². The first-order valence-corrected chi connectivity index (χ1v) is 26.8. The molecule has 1 N–H and O–H groups in total. The third kappa shape index (κ3) is 25.0. The van der Waals surface area contributed by atoms with E-state index in [-0.39, 0.29) is 105 Å². The Hall–Kier alpha value is -6.57. The number of para-hydroxylation sites is 4. The van der Waals surface area contributed by atoms with Gasteiger partial charge in [-0.1, -0.05) is 60.7 Å². The van der Waals surface area contributed by atoms with Crippen molar-refractivity contribution in [3.8, 4) is 11.5 Å². The van der Waals surface area contributed by atoms with Crippen LogP contribution in [0.15, 0.2) is 117 Å². The number of carbonyl (C=O) groups excluding carboxylic acids is 6. The van der Waals surface area contributed by atoms with Gasteiger partial charge >= 0.3 is 5.97 Å². The van der Waals surface area contributed by atoms with Crippen molar-refractivity contribution >= 4 is 63.8 Å². The number of hydrogen-bond donors (Lipinski definition) is 1. The maximum absolute atomic E-state index is 12.5. The Morgan fingerprint density at radius 1 is 0.620 bits per heavy atom. The highest BCUT2D eigenvalue weighted by Crippen LogP contribution is 2.30. The SMILES string of the molecule is CC(C)(C)OC(=O)CNC(=O)CCOCCCC(=O)COc1ccccc1C1=Nc2ccccc2CC(=O)C1.CCN=C=NCCC[N+](C)(C)CCOCCCC(=O)COc1ccccc1C1=Nc2ccccc2CC(=O)C1.[I-]. The Morgan fingerprint density at radius 2 is 1.11 bits per heavy atom. The van der Waals surface area contributed by atoms with Crippen molar-refractivity contribution in [3.05, 3.63) is 119 Å². The molecule has 2 aliphatic heterocycles. The van der Waals surface area contributed by atoms with Crippen LogP contribution < -0.4 is 38.8 Å². The van der Waals surface area contributed by atoms with Gasteiger partial charge in [-0.05, 0) is 88.1 Å². The smallest absolute Gasteiger partial charge is 0.325 e. The molecule has 0 aromatic heterocycles. The number of aliphatic imine (C=N–C) groups is 4. The van der Waals surface area contributed by atoms with Crippen LogP contribution in [-0.2, 0) is 55.8 Å². The van der Waals surface area contributed by atoms with E-state index in [2.05, 4.69) is 35.4 Å². The zero-order chi connectivity index (χ0) is 56.2. The maximum Gasteiger partial charge on any atom is 0.325 e. The highest BCUT2D eigenvalue weighted by atomic mass is 127. The van der Waals surface area contributed by atoms with E-state index in [4.69, 9.17) is 33.7 Å². The normalized spacial score (nSPS) is 12.9. The van der Waals surface area contributed by atoms with Crippen molar-refractivity contribution in [2.75, 3.05) is 86.5 Å². The number of rotatable bonds is 29. The van der Waals surface area contributed by atoms with Gasteiger partial charge in [-0.25, -0.2) is 9.98 Å². The topological polar surface area (TPSA) is 210 Å². The first-order chi connectivity index (χ1) is 37.5. The van der Waals surface area contributed by atoms with Crippen LogP contribution in [0.4, 0.5) is 11.4 Å². The fourth-order valence-corrected chi connectivity index (χ4v) is 8.19. The third-order valence-electron chi connectivity index (χ3n) is 12.2. The second-order valence-electron chi connectivity index (χ2n) is 20.5. The lowest BCUT2D eigenvalue weighted by Gasteiger charge is -2.29. The molecule has 4 aromatic carbocycles. The molecule has 0 aliphatic carbocycles. The number of ketones is 4. The molecule has 0 radical (unpaired) electrons. The summed E-state index contributed by atoms with van der Waals surface area (Å²) in [5, 5.41) is 2.49. The van der Waals surface area contributed by atoms with Gasteiger partial charge in [-0.2, -0.15) is 0 Å². The highest BCUT2D eigenvalue weighted by Gasteiger charge is 2.23. The minimum Gasteiger partial charge on any atom is -1.00 e. The molecule has 6 rings (SSSR count). The van der Waals surface area contributed by atoms with Crippen LogP contribution in [0.5, 0.6) is 11.5 Å².